The number of amides is 1. The molecule has 70 valence electrons. The highest BCUT2D eigenvalue weighted by molar-refractivity contribution is 5.76. The fourth-order valence-electron chi connectivity index (χ4n) is 1.60. The third-order valence-electron chi connectivity index (χ3n) is 2.06. The molecule has 0 saturated heterocycles. The maximum atomic E-state index is 12.4. The van der Waals surface area contributed by atoms with Crippen molar-refractivity contribution in [2.75, 3.05) is 0 Å². The highest BCUT2D eigenvalue weighted by Gasteiger charge is 2.54. The molecule has 12 heavy (non-hydrogen) atoms. The summed E-state index contributed by atoms with van der Waals surface area (Å²) in [5.41, 5.74) is -0.670. The molecule has 0 aromatic heterocycles. The van der Waals surface area contributed by atoms with Crippen LogP contribution in [0.2, 0.25) is 0 Å². The Bertz CT molecular complexity index is 195. The summed E-state index contributed by atoms with van der Waals surface area (Å²) in [5.74, 6) is -2.73. The van der Waals surface area contributed by atoms with Gasteiger partial charge in [0.25, 0.3) is 5.92 Å². The van der Waals surface area contributed by atoms with E-state index < -0.39 is 11.5 Å². The normalized spacial score (nSPS) is 24.3. The first-order chi connectivity index (χ1) is 5.37. The van der Waals surface area contributed by atoms with E-state index in [0.717, 1.165) is 0 Å². The summed E-state index contributed by atoms with van der Waals surface area (Å²) >= 11 is 0. The van der Waals surface area contributed by atoms with Crippen LogP contribution in [0.15, 0.2) is 0 Å². The molecule has 0 unspecified atom stereocenters. The van der Waals surface area contributed by atoms with Gasteiger partial charge in [0, 0.05) is 24.8 Å². The lowest BCUT2D eigenvalue weighted by Gasteiger charge is -2.45. The largest absolute Gasteiger partial charge is 0.351 e. The summed E-state index contributed by atoms with van der Waals surface area (Å²) in [6.07, 6.45) is -0.112. The summed E-state index contributed by atoms with van der Waals surface area (Å²) in [7, 11) is 0. The summed E-state index contributed by atoms with van der Waals surface area (Å²) in [4.78, 5) is 10.9. The molecular formula is C8H13F2NO. The molecule has 0 bridgehead atoms. The van der Waals surface area contributed by atoms with E-state index >= 15 is 0 Å². The number of rotatable bonds is 2. The summed E-state index contributed by atoms with van der Waals surface area (Å²) in [6, 6.07) is 0. The topological polar surface area (TPSA) is 29.1 Å². The van der Waals surface area contributed by atoms with E-state index in [2.05, 4.69) is 5.32 Å². The highest BCUT2D eigenvalue weighted by Crippen LogP contribution is 2.45. The van der Waals surface area contributed by atoms with Gasteiger partial charge in [0.2, 0.25) is 5.91 Å². The number of halogens is 2. The number of carbonyl (C=O) groups excluding carboxylic acids is 1. The summed E-state index contributed by atoms with van der Waals surface area (Å²) < 4.78 is 24.9. The van der Waals surface area contributed by atoms with E-state index in [1.807, 2.05) is 0 Å². The molecule has 1 aliphatic carbocycles. The first-order valence-electron chi connectivity index (χ1n) is 4.06. The van der Waals surface area contributed by atoms with E-state index in [1.165, 1.54) is 0 Å². The maximum Gasteiger partial charge on any atom is 0.252 e. The van der Waals surface area contributed by atoms with Crippen molar-refractivity contribution in [1.82, 2.24) is 5.32 Å². The second-order valence-electron chi connectivity index (χ2n) is 3.67. The molecule has 1 fully saturated rings. The molecule has 2 nitrogen and oxygen atoms in total. The predicted octanol–water partition coefficient (Wildman–Crippen LogP) is 1.70. The smallest absolute Gasteiger partial charge is 0.252 e. The molecule has 1 saturated carbocycles. The maximum absolute atomic E-state index is 12.4. The quantitative estimate of drug-likeness (QED) is 0.683. The standard InChI is InChI=1S/C8H13F2NO/c1-3-6(12)11-7(2)4-8(9,10)5-7/h3-5H2,1-2H3,(H,11,12). The van der Waals surface area contributed by atoms with Crippen LogP contribution >= 0.6 is 0 Å². The van der Waals surface area contributed by atoms with Crippen LogP contribution in [0.5, 0.6) is 0 Å². The van der Waals surface area contributed by atoms with Crippen LogP contribution in [-0.2, 0) is 4.79 Å². The third kappa shape index (κ3) is 1.93. The molecule has 4 heteroatoms. The van der Waals surface area contributed by atoms with Gasteiger partial charge in [0.05, 0.1) is 0 Å². The van der Waals surface area contributed by atoms with Gasteiger partial charge in [-0.15, -0.1) is 0 Å². The number of hydrogen-bond acceptors (Lipinski definition) is 1. The van der Waals surface area contributed by atoms with E-state index in [-0.39, 0.29) is 18.7 Å². The minimum atomic E-state index is -2.57. The van der Waals surface area contributed by atoms with Crippen LogP contribution in [0.3, 0.4) is 0 Å². The zero-order chi connectivity index (χ0) is 9.41. The van der Waals surface area contributed by atoms with E-state index in [1.54, 1.807) is 13.8 Å². The van der Waals surface area contributed by atoms with Gasteiger partial charge in [0.15, 0.2) is 0 Å². The van der Waals surface area contributed by atoms with Crippen molar-refractivity contribution in [2.24, 2.45) is 0 Å². The second-order valence-corrected chi connectivity index (χ2v) is 3.67. The molecule has 0 aromatic carbocycles. The lowest BCUT2D eigenvalue weighted by molar-refractivity contribution is -0.143. The molecule has 1 aliphatic rings. The number of hydrogen-bond donors (Lipinski definition) is 1. The van der Waals surface area contributed by atoms with Gasteiger partial charge in [-0.05, 0) is 6.92 Å². The Morgan fingerprint density at radius 2 is 2.00 bits per heavy atom. The van der Waals surface area contributed by atoms with Gasteiger partial charge < -0.3 is 5.32 Å². The molecular weight excluding hydrogens is 164 g/mol. The van der Waals surface area contributed by atoms with Crippen LogP contribution in [-0.4, -0.2) is 17.4 Å². The van der Waals surface area contributed by atoms with Crippen molar-refractivity contribution in [1.29, 1.82) is 0 Å². The average molecular weight is 177 g/mol. The Morgan fingerprint density at radius 3 is 2.33 bits per heavy atom. The third-order valence-corrected chi connectivity index (χ3v) is 2.06. The van der Waals surface area contributed by atoms with Crippen LogP contribution in [0, 0.1) is 0 Å². The van der Waals surface area contributed by atoms with Gasteiger partial charge in [-0.25, -0.2) is 8.78 Å². The zero-order valence-electron chi connectivity index (χ0n) is 7.29. The Kier molecular flexibility index (Phi) is 2.10. The van der Waals surface area contributed by atoms with E-state index in [0.29, 0.717) is 6.42 Å². The Hall–Kier alpha value is -0.670. The highest BCUT2D eigenvalue weighted by atomic mass is 19.3. The monoisotopic (exact) mass is 177 g/mol. The van der Waals surface area contributed by atoms with Crippen molar-refractivity contribution in [3.63, 3.8) is 0 Å². The van der Waals surface area contributed by atoms with E-state index in [4.69, 9.17) is 0 Å². The van der Waals surface area contributed by atoms with Gasteiger partial charge in [-0.3, -0.25) is 4.79 Å². The fraction of sp³-hybridized carbons (Fsp3) is 0.875. The summed E-state index contributed by atoms with van der Waals surface area (Å²) in [6.45, 7) is 3.35. The minimum Gasteiger partial charge on any atom is -0.351 e. The summed E-state index contributed by atoms with van der Waals surface area (Å²) in [5, 5.41) is 2.58. The number of alkyl halides is 2. The SMILES string of the molecule is CCC(=O)NC1(C)CC(F)(F)C1. The molecule has 0 heterocycles. The van der Waals surface area contributed by atoms with Gasteiger partial charge in [-0.2, -0.15) is 0 Å². The molecule has 0 radical (unpaired) electrons. The van der Waals surface area contributed by atoms with Gasteiger partial charge in [-0.1, -0.05) is 6.92 Å². The zero-order valence-corrected chi connectivity index (χ0v) is 7.29. The Balaban J connectivity index is 2.40. The molecule has 0 aromatic rings. The van der Waals surface area contributed by atoms with Crippen LogP contribution in [0.25, 0.3) is 0 Å². The van der Waals surface area contributed by atoms with Crippen molar-refractivity contribution in [3.8, 4) is 0 Å². The minimum absolute atomic E-state index is 0.159. The molecule has 0 atom stereocenters. The van der Waals surface area contributed by atoms with Crippen molar-refractivity contribution < 1.29 is 13.6 Å². The molecule has 1 rings (SSSR count). The van der Waals surface area contributed by atoms with E-state index in [9.17, 15) is 13.6 Å². The van der Waals surface area contributed by atoms with Crippen LogP contribution in [0.4, 0.5) is 8.78 Å². The molecule has 1 N–H and O–H groups in total. The lowest BCUT2D eigenvalue weighted by Crippen LogP contribution is -2.60. The predicted molar refractivity (Wildman–Crippen MR) is 41.0 cm³/mol. The van der Waals surface area contributed by atoms with Gasteiger partial charge >= 0.3 is 0 Å². The molecule has 1 amide bonds. The van der Waals surface area contributed by atoms with Crippen molar-refractivity contribution in [2.45, 2.75) is 44.6 Å². The fourth-order valence-corrected chi connectivity index (χ4v) is 1.60. The average Bonchev–Trinajstić information content (AvgIpc) is 1.82. The number of nitrogens with one attached hydrogen (secondary N) is 1. The van der Waals surface area contributed by atoms with Crippen LogP contribution in [0.1, 0.15) is 33.1 Å². The number of carbonyl (C=O) groups is 1. The first-order valence-corrected chi connectivity index (χ1v) is 4.06. The first kappa shape index (κ1) is 9.42. The Morgan fingerprint density at radius 1 is 1.50 bits per heavy atom. The van der Waals surface area contributed by atoms with Gasteiger partial charge in [0.1, 0.15) is 0 Å². The molecule has 0 spiro atoms. The second kappa shape index (κ2) is 2.68. The Labute approximate surface area is 70.3 Å². The van der Waals surface area contributed by atoms with Crippen molar-refractivity contribution in [3.05, 3.63) is 0 Å². The van der Waals surface area contributed by atoms with Crippen LogP contribution < -0.4 is 5.32 Å². The molecule has 0 aliphatic heterocycles. The lowest BCUT2D eigenvalue weighted by atomic mass is 9.75. The van der Waals surface area contributed by atoms with Crippen molar-refractivity contribution >= 4 is 5.91 Å².